The number of hydrogen-bond acceptors (Lipinski definition) is 3. The molecule has 0 spiro atoms. The van der Waals surface area contributed by atoms with Gasteiger partial charge in [0.2, 0.25) is 0 Å². The van der Waals surface area contributed by atoms with Gasteiger partial charge in [-0.1, -0.05) is 6.07 Å². The zero-order valence-corrected chi connectivity index (χ0v) is 11.3. The molecule has 1 N–H and O–H groups in total. The van der Waals surface area contributed by atoms with Crippen molar-refractivity contribution < 1.29 is 8.78 Å². The third-order valence-electron chi connectivity index (χ3n) is 3.56. The summed E-state index contributed by atoms with van der Waals surface area (Å²) in [6.45, 7) is 6.20. The molecule has 0 aliphatic carbocycles. The first kappa shape index (κ1) is 14.4. The Hall–Kier alpha value is -1.04. The summed E-state index contributed by atoms with van der Waals surface area (Å²) < 4.78 is 26.8. The van der Waals surface area contributed by atoms with E-state index in [1.54, 1.807) is 0 Å². The number of piperazine rings is 1. The van der Waals surface area contributed by atoms with Crippen LogP contribution in [0.1, 0.15) is 5.56 Å². The summed E-state index contributed by atoms with van der Waals surface area (Å²) >= 11 is 0. The number of likely N-dealkylation sites (N-methyl/N-ethyl adjacent to an activating group) is 1. The van der Waals surface area contributed by atoms with E-state index in [9.17, 15) is 8.78 Å². The van der Waals surface area contributed by atoms with Gasteiger partial charge in [0.25, 0.3) is 0 Å². The molecule has 5 heteroatoms. The van der Waals surface area contributed by atoms with E-state index in [2.05, 4.69) is 22.2 Å². The Kier molecular flexibility index (Phi) is 5.24. The second kappa shape index (κ2) is 6.93. The number of nitrogens with one attached hydrogen (secondary N) is 1. The van der Waals surface area contributed by atoms with Crippen molar-refractivity contribution in [2.24, 2.45) is 0 Å². The predicted octanol–water partition coefficient (Wildman–Crippen LogP) is 1.30. The Morgan fingerprint density at radius 1 is 1.11 bits per heavy atom. The second-order valence-electron chi connectivity index (χ2n) is 5.02. The minimum Gasteiger partial charge on any atom is -0.311 e. The van der Waals surface area contributed by atoms with Gasteiger partial charge < -0.3 is 10.2 Å². The number of hydrogen-bond donors (Lipinski definition) is 1. The van der Waals surface area contributed by atoms with Crippen LogP contribution in [0.5, 0.6) is 0 Å². The maximum absolute atomic E-state index is 13.4. The summed E-state index contributed by atoms with van der Waals surface area (Å²) in [5, 5.41) is 3.11. The molecule has 1 aromatic carbocycles. The molecule has 3 nitrogen and oxygen atoms in total. The van der Waals surface area contributed by atoms with Gasteiger partial charge in [-0.05, 0) is 19.2 Å². The van der Waals surface area contributed by atoms with Crippen molar-refractivity contribution in [3.05, 3.63) is 35.4 Å². The number of benzene rings is 1. The van der Waals surface area contributed by atoms with E-state index in [-0.39, 0.29) is 12.1 Å². The van der Waals surface area contributed by atoms with Gasteiger partial charge in [0, 0.05) is 51.4 Å². The van der Waals surface area contributed by atoms with Crippen molar-refractivity contribution in [2.45, 2.75) is 6.54 Å². The Morgan fingerprint density at radius 2 is 1.74 bits per heavy atom. The molecular weight excluding hydrogens is 248 g/mol. The molecule has 1 aliphatic rings. The highest BCUT2D eigenvalue weighted by Gasteiger charge is 2.13. The third kappa shape index (κ3) is 4.23. The van der Waals surface area contributed by atoms with Crippen LogP contribution < -0.4 is 5.32 Å². The lowest BCUT2D eigenvalue weighted by molar-refractivity contribution is 0.154. The lowest BCUT2D eigenvalue weighted by Crippen LogP contribution is -2.46. The van der Waals surface area contributed by atoms with E-state index in [1.807, 2.05) is 0 Å². The average Bonchev–Trinajstić information content (AvgIpc) is 2.39. The highest BCUT2D eigenvalue weighted by atomic mass is 19.1. The van der Waals surface area contributed by atoms with Crippen LogP contribution in [-0.2, 0) is 6.54 Å². The number of rotatable bonds is 5. The standard InChI is InChI=1S/C14H21F2N3/c1-18-7-9-19(10-8-18)6-5-17-11-12-13(15)3-2-4-14(12)16/h2-4,17H,5-11H2,1H3. The molecule has 1 aliphatic heterocycles. The topological polar surface area (TPSA) is 18.5 Å². The Balaban J connectivity index is 1.69. The molecule has 1 heterocycles. The average molecular weight is 269 g/mol. The Morgan fingerprint density at radius 3 is 2.37 bits per heavy atom. The fraction of sp³-hybridized carbons (Fsp3) is 0.571. The molecule has 1 fully saturated rings. The van der Waals surface area contributed by atoms with Crippen LogP contribution in [0.3, 0.4) is 0 Å². The van der Waals surface area contributed by atoms with Crippen LogP contribution in [0.15, 0.2) is 18.2 Å². The van der Waals surface area contributed by atoms with Crippen molar-refractivity contribution in [3.63, 3.8) is 0 Å². The first-order chi connectivity index (χ1) is 9.16. The Labute approximate surface area is 113 Å². The molecular formula is C14H21F2N3. The fourth-order valence-corrected chi connectivity index (χ4v) is 2.22. The molecule has 0 radical (unpaired) electrons. The molecule has 2 rings (SSSR count). The molecule has 0 saturated carbocycles. The van der Waals surface area contributed by atoms with Crippen LogP contribution >= 0.6 is 0 Å². The summed E-state index contributed by atoms with van der Waals surface area (Å²) in [5.74, 6) is -0.959. The van der Waals surface area contributed by atoms with E-state index in [4.69, 9.17) is 0 Å². The molecule has 1 aromatic rings. The van der Waals surface area contributed by atoms with Gasteiger partial charge in [0.1, 0.15) is 11.6 Å². The molecule has 0 unspecified atom stereocenters. The summed E-state index contributed by atoms with van der Waals surface area (Å²) in [6, 6.07) is 3.97. The first-order valence-corrected chi connectivity index (χ1v) is 6.71. The summed E-state index contributed by atoms with van der Waals surface area (Å²) in [7, 11) is 2.12. The molecule has 0 atom stereocenters. The van der Waals surface area contributed by atoms with Crippen molar-refractivity contribution in [2.75, 3.05) is 46.3 Å². The molecule has 19 heavy (non-hydrogen) atoms. The quantitative estimate of drug-likeness (QED) is 0.813. The van der Waals surface area contributed by atoms with Gasteiger partial charge in [0.05, 0.1) is 0 Å². The van der Waals surface area contributed by atoms with E-state index in [0.29, 0.717) is 0 Å². The maximum atomic E-state index is 13.4. The van der Waals surface area contributed by atoms with Crippen molar-refractivity contribution in [1.82, 2.24) is 15.1 Å². The number of halogens is 2. The van der Waals surface area contributed by atoms with E-state index in [0.717, 1.165) is 39.3 Å². The van der Waals surface area contributed by atoms with Crippen LogP contribution in [0.2, 0.25) is 0 Å². The zero-order valence-electron chi connectivity index (χ0n) is 11.3. The molecule has 1 saturated heterocycles. The maximum Gasteiger partial charge on any atom is 0.130 e. The normalized spacial score (nSPS) is 17.8. The lowest BCUT2D eigenvalue weighted by Gasteiger charge is -2.32. The monoisotopic (exact) mass is 269 g/mol. The largest absolute Gasteiger partial charge is 0.311 e. The molecule has 0 aromatic heterocycles. The van der Waals surface area contributed by atoms with Gasteiger partial charge in [-0.3, -0.25) is 4.90 Å². The molecule has 0 amide bonds. The fourth-order valence-electron chi connectivity index (χ4n) is 2.22. The highest BCUT2D eigenvalue weighted by Crippen LogP contribution is 2.11. The van der Waals surface area contributed by atoms with Gasteiger partial charge >= 0.3 is 0 Å². The van der Waals surface area contributed by atoms with Crippen molar-refractivity contribution >= 4 is 0 Å². The smallest absolute Gasteiger partial charge is 0.130 e. The van der Waals surface area contributed by atoms with Crippen molar-refractivity contribution in [1.29, 1.82) is 0 Å². The van der Waals surface area contributed by atoms with E-state index >= 15 is 0 Å². The number of nitrogens with zero attached hydrogens (tertiary/aromatic N) is 2. The molecule has 0 bridgehead atoms. The lowest BCUT2D eigenvalue weighted by atomic mass is 10.2. The third-order valence-corrected chi connectivity index (χ3v) is 3.56. The van der Waals surface area contributed by atoms with Gasteiger partial charge in [-0.2, -0.15) is 0 Å². The minimum absolute atomic E-state index is 0.126. The Bertz CT molecular complexity index is 383. The van der Waals surface area contributed by atoms with Crippen LogP contribution in [0.25, 0.3) is 0 Å². The summed E-state index contributed by atoms with van der Waals surface area (Å²) in [5.41, 5.74) is 0.126. The van der Waals surface area contributed by atoms with Crippen LogP contribution in [0, 0.1) is 11.6 Å². The second-order valence-corrected chi connectivity index (χ2v) is 5.02. The van der Waals surface area contributed by atoms with Crippen molar-refractivity contribution in [3.8, 4) is 0 Å². The summed E-state index contributed by atoms with van der Waals surface area (Å²) in [6.07, 6.45) is 0. The first-order valence-electron chi connectivity index (χ1n) is 6.71. The van der Waals surface area contributed by atoms with Gasteiger partial charge in [-0.25, -0.2) is 8.78 Å². The van der Waals surface area contributed by atoms with Crippen LogP contribution in [-0.4, -0.2) is 56.1 Å². The van der Waals surface area contributed by atoms with Gasteiger partial charge in [0.15, 0.2) is 0 Å². The summed E-state index contributed by atoms with van der Waals surface area (Å²) in [4.78, 5) is 4.67. The van der Waals surface area contributed by atoms with Crippen LogP contribution in [0.4, 0.5) is 8.78 Å². The minimum atomic E-state index is -0.480. The molecule has 106 valence electrons. The predicted molar refractivity (Wildman–Crippen MR) is 72.0 cm³/mol. The highest BCUT2D eigenvalue weighted by molar-refractivity contribution is 5.19. The van der Waals surface area contributed by atoms with E-state index < -0.39 is 11.6 Å². The zero-order chi connectivity index (χ0) is 13.7. The SMILES string of the molecule is CN1CCN(CCNCc2c(F)cccc2F)CC1. The van der Waals surface area contributed by atoms with Gasteiger partial charge in [-0.15, -0.1) is 0 Å². The van der Waals surface area contributed by atoms with E-state index in [1.165, 1.54) is 18.2 Å².